The number of sulfonamides is 1. The van der Waals surface area contributed by atoms with Gasteiger partial charge in [-0.3, -0.25) is 9.10 Å². The first-order valence-electron chi connectivity index (χ1n) is 8.01. The third-order valence-electron chi connectivity index (χ3n) is 3.72. The number of benzene rings is 1. The molecule has 1 N–H and O–H groups in total. The molecule has 6 nitrogen and oxygen atoms in total. The summed E-state index contributed by atoms with van der Waals surface area (Å²) >= 11 is 2.75. The van der Waals surface area contributed by atoms with Crippen molar-refractivity contribution in [2.45, 2.75) is 10.8 Å². The summed E-state index contributed by atoms with van der Waals surface area (Å²) in [6, 6.07) is 13.7. The minimum Gasteiger partial charge on any atom is -0.484 e. The van der Waals surface area contributed by atoms with Crippen molar-refractivity contribution < 1.29 is 17.9 Å². The highest BCUT2D eigenvalue weighted by molar-refractivity contribution is 7.94. The summed E-state index contributed by atoms with van der Waals surface area (Å²) in [5, 5.41) is 6.46. The monoisotopic (exact) mass is 422 g/mol. The van der Waals surface area contributed by atoms with Gasteiger partial charge in [0.15, 0.2) is 6.61 Å². The van der Waals surface area contributed by atoms with Gasteiger partial charge >= 0.3 is 0 Å². The quantitative estimate of drug-likeness (QED) is 0.604. The Bertz CT molecular complexity index is 966. The lowest BCUT2D eigenvalue weighted by molar-refractivity contribution is -0.123. The summed E-state index contributed by atoms with van der Waals surface area (Å²) in [4.78, 5) is 12.9. The predicted molar refractivity (Wildman–Crippen MR) is 108 cm³/mol. The van der Waals surface area contributed by atoms with Gasteiger partial charge in [0, 0.05) is 11.9 Å². The molecule has 0 bridgehead atoms. The molecule has 142 valence electrons. The molecule has 3 aromatic rings. The van der Waals surface area contributed by atoms with Crippen molar-refractivity contribution in [2.24, 2.45) is 0 Å². The second kappa shape index (κ2) is 8.55. The first-order chi connectivity index (χ1) is 13.0. The van der Waals surface area contributed by atoms with Gasteiger partial charge in [0.2, 0.25) is 0 Å². The van der Waals surface area contributed by atoms with Crippen LogP contribution in [-0.2, 0) is 21.4 Å². The predicted octanol–water partition coefficient (Wildman–Crippen LogP) is 3.33. The fourth-order valence-electron chi connectivity index (χ4n) is 2.24. The van der Waals surface area contributed by atoms with Gasteiger partial charge in [0.05, 0.1) is 12.2 Å². The number of anilines is 1. The zero-order chi connectivity index (χ0) is 19.3. The Morgan fingerprint density at radius 2 is 1.78 bits per heavy atom. The molecule has 0 atom stereocenters. The van der Waals surface area contributed by atoms with E-state index in [-0.39, 0.29) is 16.7 Å². The first kappa shape index (κ1) is 19.4. The van der Waals surface area contributed by atoms with Crippen molar-refractivity contribution >= 4 is 44.3 Å². The summed E-state index contributed by atoms with van der Waals surface area (Å²) in [6.07, 6.45) is 0. The molecule has 3 rings (SSSR count). The van der Waals surface area contributed by atoms with E-state index in [0.717, 1.165) is 4.88 Å². The van der Waals surface area contributed by atoms with Gasteiger partial charge in [-0.25, -0.2) is 8.42 Å². The van der Waals surface area contributed by atoms with Gasteiger partial charge in [0.25, 0.3) is 15.9 Å². The summed E-state index contributed by atoms with van der Waals surface area (Å²) in [6.45, 7) is 0.373. The van der Waals surface area contributed by atoms with E-state index in [9.17, 15) is 13.2 Å². The lowest BCUT2D eigenvalue weighted by Crippen LogP contribution is -2.28. The number of thiophene rings is 2. The molecule has 0 aliphatic carbocycles. The Morgan fingerprint density at radius 1 is 1.07 bits per heavy atom. The maximum absolute atomic E-state index is 12.5. The smallest absolute Gasteiger partial charge is 0.273 e. The number of ether oxygens (including phenoxy) is 1. The fraction of sp³-hybridized carbons (Fsp3) is 0.167. The number of nitrogens with zero attached hydrogens (tertiary/aromatic N) is 1. The van der Waals surface area contributed by atoms with Gasteiger partial charge < -0.3 is 10.1 Å². The molecule has 0 saturated heterocycles. The van der Waals surface area contributed by atoms with Crippen LogP contribution in [0.4, 0.5) is 5.69 Å². The molecular formula is C18H18N2O4S3. The molecule has 0 spiro atoms. The average molecular weight is 423 g/mol. The molecule has 0 fully saturated rings. The minimum atomic E-state index is -3.57. The van der Waals surface area contributed by atoms with E-state index in [1.54, 1.807) is 53.1 Å². The number of hydrogen-bond acceptors (Lipinski definition) is 6. The van der Waals surface area contributed by atoms with Crippen LogP contribution in [0.25, 0.3) is 0 Å². The molecule has 9 heteroatoms. The van der Waals surface area contributed by atoms with E-state index >= 15 is 0 Å². The third-order valence-corrected chi connectivity index (χ3v) is 7.75. The molecule has 2 aromatic heterocycles. The van der Waals surface area contributed by atoms with E-state index in [1.807, 2.05) is 17.5 Å². The van der Waals surface area contributed by atoms with Gasteiger partial charge in [-0.05, 0) is 47.2 Å². The van der Waals surface area contributed by atoms with Crippen molar-refractivity contribution in [1.29, 1.82) is 0 Å². The van der Waals surface area contributed by atoms with Gasteiger partial charge in [0.1, 0.15) is 9.96 Å². The van der Waals surface area contributed by atoms with Crippen LogP contribution in [0.1, 0.15) is 4.88 Å². The van der Waals surface area contributed by atoms with Crippen molar-refractivity contribution in [2.75, 3.05) is 18.0 Å². The van der Waals surface area contributed by atoms with Crippen LogP contribution < -0.4 is 14.4 Å². The molecule has 0 saturated carbocycles. The van der Waals surface area contributed by atoms with Crippen LogP contribution in [0.3, 0.4) is 0 Å². The molecule has 0 aliphatic heterocycles. The highest BCUT2D eigenvalue weighted by Gasteiger charge is 2.22. The van der Waals surface area contributed by atoms with Gasteiger partial charge in [-0.1, -0.05) is 12.1 Å². The zero-order valence-corrected chi connectivity index (χ0v) is 16.9. The number of rotatable bonds is 8. The van der Waals surface area contributed by atoms with E-state index in [0.29, 0.717) is 18.0 Å². The van der Waals surface area contributed by atoms with Crippen LogP contribution in [0.2, 0.25) is 0 Å². The van der Waals surface area contributed by atoms with Crippen LogP contribution in [0.5, 0.6) is 5.75 Å². The number of nitrogens with one attached hydrogen (secondary N) is 1. The summed E-state index contributed by atoms with van der Waals surface area (Å²) in [7, 11) is -2.07. The lowest BCUT2D eigenvalue weighted by Gasteiger charge is -2.18. The standard InChI is InChI=1S/C18H18N2O4S3/c1-20(27(22,23)18-5-3-11-26-18)14-6-8-15(9-7-14)24-13-17(21)19-12-16-4-2-10-25-16/h2-11H,12-13H2,1H3,(H,19,21). The summed E-state index contributed by atoms with van der Waals surface area (Å²) in [5.74, 6) is 0.275. The molecular weight excluding hydrogens is 404 g/mol. The number of hydrogen-bond donors (Lipinski definition) is 1. The maximum atomic E-state index is 12.5. The molecule has 0 aliphatic rings. The topological polar surface area (TPSA) is 75.7 Å². The number of carbonyl (C=O) groups excluding carboxylic acids is 1. The van der Waals surface area contributed by atoms with Crippen LogP contribution in [0.15, 0.2) is 63.5 Å². The van der Waals surface area contributed by atoms with E-state index < -0.39 is 10.0 Å². The van der Waals surface area contributed by atoms with Crippen LogP contribution >= 0.6 is 22.7 Å². The van der Waals surface area contributed by atoms with Crippen LogP contribution in [0, 0.1) is 0 Å². The van der Waals surface area contributed by atoms with Gasteiger partial charge in [-0.2, -0.15) is 0 Å². The minimum absolute atomic E-state index is 0.103. The van der Waals surface area contributed by atoms with E-state index in [2.05, 4.69) is 5.32 Å². The van der Waals surface area contributed by atoms with Crippen molar-refractivity contribution in [3.8, 4) is 5.75 Å². The molecule has 2 heterocycles. The summed E-state index contributed by atoms with van der Waals surface area (Å²) < 4.78 is 32.0. The van der Waals surface area contributed by atoms with Gasteiger partial charge in [-0.15, -0.1) is 22.7 Å². The Morgan fingerprint density at radius 3 is 2.41 bits per heavy atom. The fourth-order valence-corrected chi connectivity index (χ4v) is 5.24. The van der Waals surface area contributed by atoms with E-state index in [1.165, 1.54) is 22.7 Å². The second-order valence-electron chi connectivity index (χ2n) is 5.54. The third kappa shape index (κ3) is 4.88. The van der Waals surface area contributed by atoms with Crippen molar-refractivity contribution in [3.63, 3.8) is 0 Å². The summed E-state index contributed by atoms with van der Waals surface area (Å²) in [5.41, 5.74) is 0.512. The van der Waals surface area contributed by atoms with Crippen molar-refractivity contribution in [1.82, 2.24) is 5.32 Å². The number of amides is 1. The first-order valence-corrected chi connectivity index (χ1v) is 11.2. The Kier molecular flexibility index (Phi) is 6.15. The highest BCUT2D eigenvalue weighted by Crippen LogP contribution is 2.26. The second-order valence-corrected chi connectivity index (χ2v) is 9.72. The Balaban J connectivity index is 1.55. The zero-order valence-electron chi connectivity index (χ0n) is 14.5. The highest BCUT2D eigenvalue weighted by atomic mass is 32.2. The lowest BCUT2D eigenvalue weighted by atomic mass is 10.3. The Labute approximate surface area is 166 Å². The largest absolute Gasteiger partial charge is 0.484 e. The SMILES string of the molecule is CN(c1ccc(OCC(=O)NCc2cccs2)cc1)S(=O)(=O)c1cccs1. The molecule has 27 heavy (non-hydrogen) atoms. The Hall–Kier alpha value is -2.36. The molecule has 1 aromatic carbocycles. The van der Waals surface area contributed by atoms with Crippen molar-refractivity contribution in [3.05, 3.63) is 64.2 Å². The molecule has 1 amide bonds. The van der Waals surface area contributed by atoms with E-state index in [4.69, 9.17) is 4.74 Å². The average Bonchev–Trinajstić information content (AvgIpc) is 3.38. The number of carbonyl (C=O) groups is 1. The molecule has 0 radical (unpaired) electrons. The van der Waals surface area contributed by atoms with Crippen LogP contribution in [-0.4, -0.2) is 28.0 Å². The molecule has 0 unspecified atom stereocenters. The normalized spacial score (nSPS) is 11.1. The maximum Gasteiger partial charge on any atom is 0.273 e.